The zero-order chi connectivity index (χ0) is 31.5. The van der Waals surface area contributed by atoms with E-state index in [-0.39, 0.29) is 45.4 Å². The molecule has 0 aliphatic carbocycles. The molecule has 7 nitrogen and oxygen atoms in total. The summed E-state index contributed by atoms with van der Waals surface area (Å²) >= 11 is 0.158. The van der Waals surface area contributed by atoms with Crippen LogP contribution < -0.4 is 9.20 Å². The van der Waals surface area contributed by atoms with Crippen LogP contribution in [0.1, 0.15) is 47.9 Å². The van der Waals surface area contributed by atoms with Gasteiger partial charge in [0.2, 0.25) is 0 Å². The van der Waals surface area contributed by atoms with E-state index in [0.29, 0.717) is 18.0 Å². The number of nitrogens with zero attached hydrogens (tertiary/aromatic N) is 1. The number of benzene rings is 4. The maximum atomic E-state index is 6.76. The Hall–Kier alpha value is -3.04. The van der Waals surface area contributed by atoms with E-state index >= 15 is 0 Å². The van der Waals surface area contributed by atoms with Crippen LogP contribution in [0.2, 0.25) is 4.82 Å². The van der Waals surface area contributed by atoms with Crippen molar-refractivity contribution < 1.29 is 28.4 Å². The van der Waals surface area contributed by atoms with Crippen molar-refractivity contribution in [2.24, 2.45) is 0 Å². The molecule has 4 aromatic carbocycles. The number of hydrogen-bond acceptors (Lipinski definition) is 7. The molecule has 46 heavy (non-hydrogen) atoms. The molecule has 0 bridgehead atoms. The van der Waals surface area contributed by atoms with E-state index < -0.39 is 12.6 Å². The van der Waals surface area contributed by atoms with Gasteiger partial charge in [-0.15, -0.1) is 0 Å². The van der Waals surface area contributed by atoms with E-state index in [9.17, 15) is 0 Å². The normalized spacial score (nSPS) is 27.4. The fourth-order valence-electron chi connectivity index (χ4n) is 6.92. The number of likely N-dealkylation sites (tertiary alicyclic amines) is 1. The average molecular weight is 687 g/mol. The third kappa shape index (κ3) is 6.55. The van der Waals surface area contributed by atoms with Crippen LogP contribution >= 0.6 is 0 Å². The van der Waals surface area contributed by atoms with Crippen LogP contribution in [0.4, 0.5) is 0 Å². The molecule has 3 heterocycles. The molecule has 0 spiro atoms. The third-order valence-corrected chi connectivity index (χ3v) is 11.9. The number of hydrogen-bond donors (Lipinski definition) is 0. The summed E-state index contributed by atoms with van der Waals surface area (Å²) < 4.78 is 39.1. The molecule has 4 aromatic rings. The first-order valence-electron chi connectivity index (χ1n) is 15.9. The van der Waals surface area contributed by atoms with Gasteiger partial charge in [-0.3, -0.25) is 0 Å². The Kier molecular flexibility index (Phi) is 9.87. The van der Waals surface area contributed by atoms with Gasteiger partial charge in [-0.1, -0.05) is 0 Å². The van der Waals surface area contributed by atoms with Crippen LogP contribution in [0.3, 0.4) is 0 Å². The van der Waals surface area contributed by atoms with Gasteiger partial charge in [0.05, 0.1) is 0 Å². The molecule has 240 valence electrons. The minimum atomic E-state index is -0.426. The SMILES string of the molecule is COc1ccc([C@H](OC)[C@@H](C)[Se]c2ccccc2CN2[C@H]3COC(c4ccccc4)O[C@H]3[C@@H]3OC(c4ccccc4)OC[C@@H]32)cc1. The monoisotopic (exact) mass is 687 g/mol. The molecule has 0 amide bonds. The minimum absolute atomic E-state index is 0.00959. The molecule has 7 rings (SSSR count). The van der Waals surface area contributed by atoms with E-state index in [1.54, 1.807) is 14.2 Å². The zero-order valence-corrected chi connectivity index (χ0v) is 28.2. The first kappa shape index (κ1) is 31.6. The van der Waals surface area contributed by atoms with Gasteiger partial charge >= 0.3 is 279 Å². The summed E-state index contributed by atoms with van der Waals surface area (Å²) in [5, 5.41) is 0. The fraction of sp³-hybridized carbons (Fsp3) is 0.368. The van der Waals surface area contributed by atoms with Gasteiger partial charge in [0.15, 0.2) is 0 Å². The van der Waals surface area contributed by atoms with Crippen molar-refractivity contribution >= 4 is 19.4 Å². The fourth-order valence-corrected chi connectivity index (χ4v) is 9.51. The van der Waals surface area contributed by atoms with Gasteiger partial charge in [0.1, 0.15) is 0 Å². The molecule has 0 radical (unpaired) electrons. The molecule has 8 atom stereocenters. The van der Waals surface area contributed by atoms with Crippen molar-refractivity contribution in [1.82, 2.24) is 4.90 Å². The average Bonchev–Trinajstić information content (AvgIpc) is 3.42. The molecule has 2 unspecified atom stereocenters. The van der Waals surface area contributed by atoms with Crippen molar-refractivity contribution in [2.75, 3.05) is 27.4 Å². The second kappa shape index (κ2) is 14.4. The van der Waals surface area contributed by atoms with Crippen LogP contribution in [0.5, 0.6) is 5.75 Å². The maximum absolute atomic E-state index is 6.76. The number of fused-ring (bicyclic) bond motifs is 3. The Balaban J connectivity index is 1.13. The van der Waals surface area contributed by atoms with Crippen LogP contribution in [0.15, 0.2) is 109 Å². The Labute approximate surface area is 277 Å². The third-order valence-electron chi connectivity index (χ3n) is 9.24. The molecular formula is C38H41NO6Se. The van der Waals surface area contributed by atoms with Gasteiger partial charge in [0.25, 0.3) is 0 Å². The van der Waals surface area contributed by atoms with Gasteiger partial charge < -0.3 is 0 Å². The molecule has 3 aliphatic heterocycles. The van der Waals surface area contributed by atoms with Crippen molar-refractivity contribution in [1.29, 1.82) is 0 Å². The van der Waals surface area contributed by atoms with Crippen LogP contribution in [0, 0.1) is 0 Å². The predicted molar refractivity (Wildman–Crippen MR) is 177 cm³/mol. The van der Waals surface area contributed by atoms with Gasteiger partial charge in [-0.05, 0) is 0 Å². The van der Waals surface area contributed by atoms with Crippen molar-refractivity contribution in [2.45, 2.75) is 61.3 Å². The molecule has 3 saturated heterocycles. The summed E-state index contributed by atoms with van der Waals surface area (Å²) in [6.45, 7) is 4.17. The number of methoxy groups -OCH3 is 2. The second-order valence-electron chi connectivity index (χ2n) is 12.0. The molecule has 3 fully saturated rings. The number of ether oxygens (including phenoxy) is 6. The molecule has 8 heteroatoms. The van der Waals surface area contributed by atoms with E-state index in [4.69, 9.17) is 28.4 Å². The molecular weight excluding hydrogens is 645 g/mol. The van der Waals surface area contributed by atoms with Crippen molar-refractivity contribution in [3.8, 4) is 5.75 Å². The Morgan fingerprint density at radius 3 is 1.80 bits per heavy atom. The summed E-state index contributed by atoms with van der Waals surface area (Å²) in [4.78, 5) is 2.82. The molecule has 0 aromatic heterocycles. The molecule has 0 saturated carbocycles. The summed E-state index contributed by atoms with van der Waals surface area (Å²) in [5.74, 6) is 0.848. The quantitative estimate of drug-likeness (QED) is 0.190. The van der Waals surface area contributed by atoms with Crippen LogP contribution in [-0.4, -0.2) is 71.6 Å². The molecule has 3 aliphatic rings. The van der Waals surface area contributed by atoms with Crippen molar-refractivity contribution in [3.63, 3.8) is 0 Å². The van der Waals surface area contributed by atoms with Crippen LogP contribution in [-0.2, 0) is 30.2 Å². The standard InChI is InChI=1S/C38H41NO6Se/c1-25(34(41-3)26-18-20-30(40-2)21-19-26)46-33-17-11-10-16-29(33)22-39-31-23-42-37(27-12-6-4-7-13-27)44-35(31)36-32(39)24-43-38(45-36)28-14-8-5-9-15-28/h4-21,25,31-32,34-38H,22-24H2,1-3H3/t25-,31+,32+,34-,35-,36-,37?,38?/m1/s1. The van der Waals surface area contributed by atoms with Gasteiger partial charge in [-0.25, -0.2) is 0 Å². The van der Waals surface area contributed by atoms with E-state index in [0.717, 1.165) is 29.0 Å². The van der Waals surface area contributed by atoms with E-state index in [1.807, 2.05) is 48.5 Å². The van der Waals surface area contributed by atoms with Crippen molar-refractivity contribution in [3.05, 3.63) is 131 Å². The predicted octanol–water partition coefficient (Wildman–Crippen LogP) is 6.00. The Bertz CT molecular complexity index is 1490. The van der Waals surface area contributed by atoms with Gasteiger partial charge in [0, 0.05) is 0 Å². The van der Waals surface area contributed by atoms with Gasteiger partial charge in [-0.2, -0.15) is 0 Å². The Morgan fingerprint density at radius 1 is 0.717 bits per heavy atom. The number of rotatable bonds is 10. The van der Waals surface area contributed by atoms with E-state index in [2.05, 4.69) is 72.5 Å². The second-order valence-corrected chi connectivity index (χ2v) is 15.0. The zero-order valence-electron chi connectivity index (χ0n) is 26.4. The summed E-state index contributed by atoms with van der Waals surface area (Å²) in [6.07, 6.45) is -1.16. The first-order valence-corrected chi connectivity index (χ1v) is 17.8. The summed E-state index contributed by atoms with van der Waals surface area (Å²) in [7, 11) is 3.49. The topological polar surface area (TPSA) is 58.6 Å². The Morgan fingerprint density at radius 2 is 1.26 bits per heavy atom. The van der Waals surface area contributed by atoms with Crippen LogP contribution in [0.25, 0.3) is 0 Å². The summed E-state index contributed by atoms with van der Waals surface area (Å²) in [5.41, 5.74) is 4.52. The first-order chi connectivity index (χ1) is 22.6. The summed E-state index contributed by atoms with van der Waals surface area (Å²) in [6, 6.07) is 37.5. The molecule has 0 N–H and O–H groups in total. The van der Waals surface area contributed by atoms with E-state index in [1.165, 1.54) is 10.0 Å².